The molecule has 0 aromatic heterocycles. The summed E-state index contributed by atoms with van der Waals surface area (Å²) in [5, 5.41) is 0. The first-order valence-electron chi connectivity index (χ1n) is 6.94. The summed E-state index contributed by atoms with van der Waals surface area (Å²) in [7, 11) is 2.18. The molecule has 0 radical (unpaired) electrons. The Morgan fingerprint density at radius 1 is 1.26 bits per heavy atom. The molecule has 4 heteroatoms. The standard InChI is InChI=1S/C15H22N4/c1-18-10-15(11-18)7-8-19(12-15)14(16)17-9-13-5-3-2-4-6-13/h2-6H,7-12H2,1H3,(H2,16,17). The van der Waals surface area contributed by atoms with Crippen molar-refractivity contribution in [1.82, 2.24) is 9.80 Å². The van der Waals surface area contributed by atoms with E-state index in [-0.39, 0.29) is 0 Å². The van der Waals surface area contributed by atoms with Gasteiger partial charge in [0.15, 0.2) is 5.96 Å². The second-order valence-electron chi connectivity index (χ2n) is 6.00. The second kappa shape index (κ2) is 4.85. The molecule has 102 valence electrons. The fourth-order valence-corrected chi connectivity index (χ4v) is 3.34. The van der Waals surface area contributed by atoms with Crippen molar-refractivity contribution in [2.75, 3.05) is 33.2 Å². The average Bonchev–Trinajstić information content (AvgIpc) is 2.82. The molecule has 2 heterocycles. The van der Waals surface area contributed by atoms with Gasteiger partial charge in [-0.3, -0.25) is 0 Å². The molecule has 0 atom stereocenters. The summed E-state index contributed by atoms with van der Waals surface area (Å²) in [6, 6.07) is 10.3. The van der Waals surface area contributed by atoms with Crippen LogP contribution in [-0.4, -0.2) is 49.0 Å². The third kappa shape index (κ3) is 2.59. The number of guanidine groups is 1. The molecule has 0 amide bonds. The fourth-order valence-electron chi connectivity index (χ4n) is 3.34. The summed E-state index contributed by atoms with van der Waals surface area (Å²) in [6.45, 7) is 5.21. The molecule has 1 aromatic rings. The molecule has 2 N–H and O–H groups in total. The molecule has 2 fully saturated rings. The molecule has 4 nitrogen and oxygen atoms in total. The maximum Gasteiger partial charge on any atom is 0.191 e. The summed E-state index contributed by atoms with van der Waals surface area (Å²) in [6.07, 6.45) is 1.25. The number of nitrogens with zero attached hydrogens (tertiary/aromatic N) is 3. The minimum Gasteiger partial charge on any atom is -0.370 e. The van der Waals surface area contributed by atoms with Gasteiger partial charge in [-0.15, -0.1) is 0 Å². The van der Waals surface area contributed by atoms with Crippen LogP contribution in [0.3, 0.4) is 0 Å². The van der Waals surface area contributed by atoms with Crippen LogP contribution in [-0.2, 0) is 6.54 Å². The zero-order chi connectivity index (χ0) is 13.3. The highest BCUT2D eigenvalue weighted by molar-refractivity contribution is 5.78. The molecule has 0 saturated carbocycles. The summed E-state index contributed by atoms with van der Waals surface area (Å²) < 4.78 is 0. The molecule has 2 saturated heterocycles. The lowest BCUT2D eigenvalue weighted by molar-refractivity contribution is 0.0355. The van der Waals surface area contributed by atoms with E-state index in [4.69, 9.17) is 5.73 Å². The highest BCUT2D eigenvalue weighted by Gasteiger charge is 2.46. The number of hydrogen-bond acceptors (Lipinski definition) is 2. The van der Waals surface area contributed by atoms with Gasteiger partial charge >= 0.3 is 0 Å². The van der Waals surface area contributed by atoms with E-state index in [1.54, 1.807) is 0 Å². The van der Waals surface area contributed by atoms with Gasteiger partial charge in [0.05, 0.1) is 6.54 Å². The van der Waals surface area contributed by atoms with E-state index in [1.807, 2.05) is 18.2 Å². The summed E-state index contributed by atoms with van der Waals surface area (Å²) in [5.74, 6) is 0.704. The lowest BCUT2D eigenvalue weighted by Gasteiger charge is -2.46. The Morgan fingerprint density at radius 3 is 2.68 bits per heavy atom. The minimum atomic E-state index is 0.488. The Labute approximate surface area is 114 Å². The molecule has 0 aliphatic carbocycles. The van der Waals surface area contributed by atoms with Gasteiger partial charge in [-0.2, -0.15) is 0 Å². The molecule has 2 aliphatic rings. The van der Waals surface area contributed by atoms with Crippen LogP contribution in [0, 0.1) is 5.41 Å². The van der Waals surface area contributed by atoms with E-state index in [2.05, 4.69) is 34.0 Å². The molecule has 0 unspecified atom stereocenters. The van der Waals surface area contributed by atoms with Crippen molar-refractivity contribution in [3.8, 4) is 0 Å². The average molecular weight is 258 g/mol. The number of likely N-dealkylation sites (tertiary alicyclic amines) is 2. The van der Waals surface area contributed by atoms with E-state index in [9.17, 15) is 0 Å². The van der Waals surface area contributed by atoms with Gasteiger partial charge in [-0.05, 0) is 19.0 Å². The highest BCUT2D eigenvalue weighted by atomic mass is 15.3. The number of rotatable bonds is 2. The van der Waals surface area contributed by atoms with E-state index >= 15 is 0 Å². The van der Waals surface area contributed by atoms with E-state index in [1.165, 1.54) is 25.1 Å². The maximum atomic E-state index is 6.12. The normalized spacial score (nSPS) is 22.8. The molecule has 1 spiro atoms. The Hall–Kier alpha value is -1.55. The van der Waals surface area contributed by atoms with Crippen LogP contribution in [0.4, 0.5) is 0 Å². The van der Waals surface area contributed by atoms with Crippen molar-refractivity contribution >= 4 is 5.96 Å². The quantitative estimate of drug-likeness (QED) is 0.639. The lowest BCUT2D eigenvalue weighted by Crippen LogP contribution is -2.56. The largest absolute Gasteiger partial charge is 0.370 e. The number of aliphatic imine (C=N–C) groups is 1. The molecule has 0 bridgehead atoms. The molecule has 1 aromatic carbocycles. The van der Waals surface area contributed by atoms with Crippen LogP contribution in [0.25, 0.3) is 0 Å². The van der Waals surface area contributed by atoms with Gasteiger partial charge in [0.25, 0.3) is 0 Å². The van der Waals surface area contributed by atoms with Crippen LogP contribution in [0.15, 0.2) is 35.3 Å². The summed E-state index contributed by atoms with van der Waals surface area (Å²) >= 11 is 0. The van der Waals surface area contributed by atoms with E-state index in [0.29, 0.717) is 17.9 Å². The molecule has 19 heavy (non-hydrogen) atoms. The van der Waals surface area contributed by atoms with Crippen molar-refractivity contribution in [2.24, 2.45) is 16.1 Å². The van der Waals surface area contributed by atoms with Gasteiger partial charge in [0.1, 0.15) is 0 Å². The third-order valence-corrected chi connectivity index (χ3v) is 4.24. The van der Waals surface area contributed by atoms with E-state index in [0.717, 1.165) is 13.1 Å². The first-order valence-corrected chi connectivity index (χ1v) is 6.94. The van der Waals surface area contributed by atoms with Crippen LogP contribution in [0.1, 0.15) is 12.0 Å². The topological polar surface area (TPSA) is 44.9 Å². The predicted octanol–water partition coefficient (Wildman–Crippen LogP) is 1.14. The molecule has 3 rings (SSSR count). The second-order valence-corrected chi connectivity index (χ2v) is 6.00. The van der Waals surface area contributed by atoms with Crippen molar-refractivity contribution in [1.29, 1.82) is 0 Å². The monoisotopic (exact) mass is 258 g/mol. The predicted molar refractivity (Wildman–Crippen MR) is 77.9 cm³/mol. The SMILES string of the molecule is CN1CC2(CCN(C(N)=NCc3ccccc3)C2)C1. The van der Waals surface area contributed by atoms with Gasteiger partial charge in [0.2, 0.25) is 0 Å². The first-order chi connectivity index (χ1) is 9.17. The van der Waals surface area contributed by atoms with Crippen molar-refractivity contribution in [3.05, 3.63) is 35.9 Å². The Morgan fingerprint density at radius 2 is 2.00 bits per heavy atom. The highest BCUT2D eigenvalue weighted by Crippen LogP contribution is 2.38. The zero-order valence-electron chi connectivity index (χ0n) is 11.5. The van der Waals surface area contributed by atoms with Gasteiger partial charge in [-0.25, -0.2) is 4.99 Å². The molecular formula is C15H22N4. The molecular weight excluding hydrogens is 236 g/mol. The third-order valence-electron chi connectivity index (χ3n) is 4.24. The number of benzene rings is 1. The Balaban J connectivity index is 1.58. The number of nitrogens with two attached hydrogens (primary N) is 1. The maximum absolute atomic E-state index is 6.12. The van der Waals surface area contributed by atoms with Gasteiger partial charge in [-0.1, -0.05) is 30.3 Å². The van der Waals surface area contributed by atoms with Crippen molar-refractivity contribution in [2.45, 2.75) is 13.0 Å². The summed E-state index contributed by atoms with van der Waals surface area (Å²) in [5.41, 5.74) is 7.82. The van der Waals surface area contributed by atoms with Crippen molar-refractivity contribution in [3.63, 3.8) is 0 Å². The fraction of sp³-hybridized carbons (Fsp3) is 0.533. The minimum absolute atomic E-state index is 0.488. The summed E-state index contributed by atoms with van der Waals surface area (Å²) in [4.78, 5) is 9.15. The van der Waals surface area contributed by atoms with Crippen LogP contribution in [0.5, 0.6) is 0 Å². The van der Waals surface area contributed by atoms with Crippen molar-refractivity contribution < 1.29 is 0 Å². The smallest absolute Gasteiger partial charge is 0.191 e. The zero-order valence-corrected chi connectivity index (χ0v) is 11.5. The van der Waals surface area contributed by atoms with E-state index < -0.39 is 0 Å². The van der Waals surface area contributed by atoms with Crippen LogP contribution in [0.2, 0.25) is 0 Å². The number of hydrogen-bond donors (Lipinski definition) is 1. The Kier molecular flexibility index (Phi) is 3.19. The first kappa shape index (κ1) is 12.5. The van der Waals surface area contributed by atoms with Gasteiger partial charge < -0.3 is 15.5 Å². The molecule has 2 aliphatic heterocycles. The van der Waals surface area contributed by atoms with Gasteiger partial charge in [0, 0.05) is 31.6 Å². The van der Waals surface area contributed by atoms with Crippen LogP contribution >= 0.6 is 0 Å². The Bertz CT molecular complexity index is 462. The van der Waals surface area contributed by atoms with Crippen LogP contribution < -0.4 is 5.73 Å². The lowest BCUT2D eigenvalue weighted by atomic mass is 9.79.